The van der Waals surface area contributed by atoms with E-state index >= 15 is 0 Å². The smallest absolute Gasteiger partial charge is 0.0542 e. The minimum absolute atomic E-state index is 0.0586. The van der Waals surface area contributed by atoms with Gasteiger partial charge >= 0.3 is 0 Å². The van der Waals surface area contributed by atoms with Crippen LogP contribution in [0, 0.1) is 0 Å². The van der Waals surface area contributed by atoms with Crippen LogP contribution in [0.3, 0.4) is 0 Å². The summed E-state index contributed by atoms with van der Waals surface area (Å²) in [5, 5.41) is 2.48. The highest BCUT2D eigenvalue weighted by Gasteiger charge is 2.35. The Morgan fingerprint density at radius 3 is 1.84 bits per heavy atom. The molecule has 0 radical (unpaired) electrons. The summed E-state index contributed by atoms with van der Waals surface area (Å²) in [7, 11) is 0. The van der Waals surface area contributed by atoms with Crippen LogP contribution in [0.1, 0.15) is 36.1 Å². The lowest BCUT2D eigenvalue weighted by Crippen LogP contribution is -2.15. The molecule has 0 spiro atoms. The van der Waals surface area contributed by atoms with Crippen molar-refractivity contribution in [1.82, 2.24) is 4.57 Å². The monoisotopic (exact) mass is 628 g/mol. The summed E-state index contributed by atoms with van der Waals surface area (Å²) in [5.41, 5.74) is 14.7. The molecule has 0 aliphatic heterocycles. The molecule has 1 aliphatic rings. The first-order chi connectivity index (χ1) is 24.1. The SMILES string of the molecule is CC1(C)c2ccccc2-c2ccc(-n3c4ccccc4c4cc(N(c5ccccc5)c5ccc(/C=C/c6ccccc6)cc5)ccc43)cc21. The summed E-state index contributed by atoms with van der Waals surface area (Å²) in [6.07, 6.45) is 4.33. The fourth-order valence-corrected chi connectivity index (χ4v) is 7.72. The Morgan fingerprint density at radius 2 is 1.04 bits per heavy atom. The lowest BCUT2D eigenvalue weighted by molar-refractivity contribution is 0.660. The molecule has 1 aliphatic carbocycles. The first-order valence-corrected chi connectivity index (χ1v) is 17.0. The molecule has 0 saturated heterocycles. The second-order valence-corrected chi connectivity index (χ2v) is 13.5. The van der Waals surface area contributed by atoms with Crippen LogP contribution < -0.4 is 4.90 Å². The van der Waals surface area contributed by atoms with Gasteiger partial charge in [0.25, 0.3) is 0 Å². The van der Waals surface area contributed by atoms with Crippen LogP contribution in [0.4, 0.5) is 17.1 Å². The van der Waals surface area contributed by atoms with Crippen LogP contribution in [0.5, 0.6) is 0 Å². The van der Waals surface area contributed by atoms with E-state index in [1.54, 1.807) is 0 Å². The number of nitrogens with zero attached hydrogens (tertiary/aromatic N) is 2. The van der Waals surface area contributed by atoms with E-state index in [1.165, 1.54) is 60.9 Å². The minimum Gasteiger partial charge on any atom is -0.310 e. The molecule has 8 aromatic rings. The van der Waals surface area contributed by atoms with E-state index in [4.69, 9.17) is 0 Å². The largest absolute Gasteiger partial charge is 0.310 e. The van der Waals surface area contributed by atoms with Gasteiger partial charge in [-0.2, -0.15) is 0 Å². The Labute approximate surface area is 287 Å². The number of rotatable bonds is 6. The normalized spacial score (nSPS) is 13.2. The third kappa shape index (κ3) is 4.88. The molecule has 0 unspecified atom stereocenters. The van der Waals surface area contributed by atoms with E-state index in [0.29, 0.717) is 0 Å². The van der Waals surface area contributed by atoms with Crippen LogP contribution in [0.15, 0.2) is 170 Å². The van der Waals surface area contributed by atoms with Crippen LogP contribution in [0.25, 0.3) is 50.8 Å². The quantitative estimate of drug-likeness (QED) is 0.166. The van der Waals surface area contributed by atoms with Gasteiger partial charge in [-0.05, 0) is 94.0 Å². The van der Waals surface area contributed by atoms with Crippen LogP contribution in [-0.2, 0) is 5.41 Å². The second kappa shape index (κ2) is 11.5. The fraction of sp³-hybridized carbons (Fsp3) is 0.0638. The molecule has 234 valence electrons. The average Bonchev–Trinajstić information content (AvgIpc) is 3.60. The molecule has 0 N–H and O–H groups in total. The fourth-order valence-electron chi connectivity index (χ4n) is 7.72. The van der Waals surface area contributed by atoms with Crippen LogP contribution >= 0.6 is 0 Å². The van der Waals surface area contributed by atoms with Crippen LogP contribution in [-0.4, -0.2) is 4.57 Å². The van der Waals surface area contributed by atoms with Gasteiger partial charge in [0.05, 0.1) is 11.0 Å². The first kappa shape index (κ1) is 29.1. The summed E-state index contributed by atoms with van der Waals surface area (Å²) < 4.78 is 2.44. The van der Waals surface area contributed by atoms with Gasteiger partial charge in [-0.1, -0.05) is 135 Å². The lowest BCUT2D eigenvalue weighted by atomic mass is 9.82. The number of hydrogen-bond acceptors (Lipinski definition) is 1. The Balaban J connectivity index is 1.16. The lowest BCUT2D eigenvalue weighted by Gasteiger charge is -2.26. The van der Waals surface area contributed by atoms with E-state index in [9.17, 15) is 0 Å². The Hall–Kier alpha value is -6.12. The molecule has 7 aromatic carbocycles. The van der Waals surface area contributed by atoms with Crippen molar-refractivity contribution in [2.45, 2.75) is 19.3 Å². The summed E-state index contributed by atoms with van der Waals surface area (Å²) in [6, 6.07) is 61.5. The molecule has 0 amide bonds. The number of aromatic nitrogens is 1. The van der Waals surface area contributed by atoms with Gasteiger partial charge in [0, 0.05) is 38.9 Å². The molecule has 0 atom stereocenters. The van der Waals surface area contributed by atoms with Gasteiger partial charge in [0.15, 0.2) is 0 Å². The van der Waals surface area contributed by atoms with Gasteiger partial charge < -0.3 is 9.47 Å². The maximum Gasteiger partial charge on any atom is 0.0542 e. The summed E-state index contributed by atoms with van der Waals surface area (Å²) in [4.78, 5) is 2.35. The van der Waals surface area contributed by atoms with Gasteiger partial charge in [-0.15, -0.1) is 0 Å². The van der Waals surface area contributed by atoms with E-state index in [1.807, 2.05) is 6.07 Å². The van der Waals surface area contributed by atoms with Crippen molar-refractivity contribution in [1.29, 1.82) is 0 Å². The number of para-hydroxylation sites is 2. The van der Waals surface area contributed by atoms with Gasteiger partial charge in [-0.25, -0.2) is 0 Å². The zero-order valence-electron chi connectivity index (χ0n) is 27.7. The number of anilines is 3. The molecule has 1 aromatic heterocycles. The molecule has 1 heterocycles. The molecular weight excluding hydrogens is 593 g/mol. The van der Waals surface area contributed by atoms with E-state index in [-0.39, 0.29) is 5.41 Å². The van der Waals surface area contributed by atoms with E-state index < -0.39 is 0 Å². The highest BCUT2D eigenvalue weighted by Crippen LogP contribution is 2.49. The molecule has 0 saturated carbocycles. The molecular formula is C47H36N2. The molecule has 2 heteroatoms. The van der Waals surface area contributed by atoms with Crippen molar-refractivity contribution in [2.24, 2.45) is 0 Å². The maximum absolute atomic E-state index is 2.44. The standard InChI is InChI=1S/C47H36N2/c1-47(2)43-19-11-9-17-39(43)40-29-27-38(32-44(40)47)49-45-20-12-10-18-41(45)42-31-37(28-30-46(42)49)48(35-15-7-4-8-16-35)36-25-23-34(24-26-36)22-21-33-13-5-3-6-14-33/h3-32H,1-2H3/b22-21+. The molecule has 0 bridgehead atoms. The van der Waals surface area contributed by atoms with Crippen molar-refractivity contribution in [3.05, 3.63) is 192 Å². The Bertz CT molecular complexity index is 2500. The highest BCUT2D eigenvalue weighted by atomic mass is 15.1. The van der Waals surface area contributed by atoms with Crippen molar-refractivity contribution in [3.63, 3.8) is 0 Å². The van der Waals surface area contributed by atoms with E-state index in [0.717, 1.165) is 17.1 Å². The Kier molecular flexibility index (Phi) is 6.84. The third-order valence-corrected chi connectivity index (χ3v) is 10.2. The van der Waals surface area contributed by atoms with Crippen LogP contribution in [0.2, 0.25) is 0 Å². The minimum atomic E-state index is -0.0586. The van der Waals surface area contributed by atoms with Gasteiger partial charge in [0.1, 0.15) is 0 Å². The number of hydrogen-bond donors (Lipinski definition) is 0. The second-order valence-electron chi connectivity index (χ2n) is 13.5. The van der Waals surface area contributed by atoms with Gasteiger partial charge in [-0.3, -0.25) is 0 Å². The molecule has 2 nitrogen and oxygen atoms in total. The maximum atomic E-state index is 2.44. The predicted molar refractivity (Wildman–Crippen MR) is 208 cm³/mol. The van der Waals surface area contributed by atoms with E-state index in [2.05, 4.69) is 199 Å². The van der Waals surface area contributed by atoms with Crippen molar-refractivity contribution < 1.29 is 0 Å². The average molecular weight is 629 g/mol. The summed E-state index contributed by atoms with van der Waals surface area (Å²) in [5.74, 6) is 0. The van der Waals surface area contributed by atoms with Crippen molar-refractivity contribution in [3.8, 4) is 16.8 Å². The zero-order valence-corrected chi connectivity index (χ0v) is 27.7. The molecule has 0 fully saturated rings. The topological polar surface area (TPSA) is 8.17 Å². The zero-order chi connectivity index (χ0) is 33.0. The van der Waals surface area contributed by atoms with Gasteiger partial charge in [0.2, 0.25) is 0 Å². The highest BCUT2D eigenvalue weighted by molar-refractivity contribution is 6.10. The number of fused-ring (bicyclic) bond motifs is 6. The van der Waals surface area contributed by atoms with Crippen molar-refractivity contribution >= 4 is 51.0 Å². The van der Waals surface area contributed by atoms with Crippen molar-refractivity contribution in [2.75, 3.05) is 4.90 Å². The third-order valence-electron chi connectivity index (χ3n) is 10.2. The first-order valence-electron chi connectivity index (χ1n) is 17.0. The predicted octanol–water partition coefficient (Wildman–Crippen LogP) is 12.7. The molecule has 9 rings (SSSR count). The molecule has 49 heavy (non-hydrogen) atoms. The summed E-state index contributed by atoms with van der Waals surface area (Å²) >= 11 is 0. The Morgan fingerprint density at radius 1 is 0.449 bits per heavy atom. The number of benzene rings is 7. The summed E-state index contributed by atoms with van der Waals surface area (Å²) in [6.45, 7) is 4.70.